The van der Waals surface area contributed by atoms with E-state index in [9.17, 15) is 13.6 Å². The van der Waals surface area contributed by atoms with Crippen LogP contribution in [0.15, 0.2) is 30.3 Å². The van der Waals surface area contributed by atoms with Gasteiger partial charge in [-0.05, 0) is 24.3 Å². The van der Waals surface area contributed by atoms with Gasteiger partial charge in [0.1, 0.15) is 0 Å². The highest BCUT2D eigenvalue weighted by molar-refractivity contribution is 7.14. The Labute approximate surface area is 118 Å². The first kappa shape index (κ1) is 14.2. The van der Waals surface area contributed by atoms with E-state index in [4.69, 9.17) is 5.73 Å². The van der Waals surface area contributed by atoms with Gasteiger partial charge in [-0.3, -0.25) is 4.79 Å². The Hall–Kier alpha value is -2.23. The van der Waals surface area contributed by atoms with Crippen molar-refractivity contribution in [1.82, 2.24) is 0 Å². The van der Waals surface area contributed by atoms with Gasteiger partial charge in [0, 0.05) is 11.8 Å². The predicted molar refractivity (Wildman–Crippen MR) is 74.6 cm³/mol. The van der Waals surface area contributed by atoms with E-state index in [0.717, 1.165) is 12.1 Å². The molecule has 0 aliphatic carbocycles. The number of carbonyl (C=O) groups is 1. The standard InChI is InChI=1S/C14H10F2N2OS/c15-11-5-3-9(8-12(11)16)18-14(19)13-6-4-10(20-13)2-1-7-17/h3-6,8H,7,17H2,(H,18,19). The van der Waals surface area contributed by atoms with Gasteiger partial charge in [0.15, 0.2) is 11.6 Å². The molecule has 102 valence electrons. The highest BCUT2D eigenvalue weighted by atomic mass is 32.1. The number of hydrogen-bond acceptors (Lipinski definition) is 3. The van der Waals surface area contributed by atoms with Crippen LogP contribution in [0.4, 0.5) is 14.5 Å². The van der Waals surface area contributed by atoms with Crippen molar-refractivity contribution in [1.29, 1.82) is 0 Å². The van der Waals surface area contributed by atoms with Crippen molar-refractivity contribution in [3.05, 3.63) is 51.7 Å². The van der Waals surface area contributed by atoms with Crippen LogP contribution in [0.1, 0.15) is 14.5 Å². The van der Waals surface area contributed by atoms with Gasteiger partial charge in [0.05, 0.1) is 16.3 Å². The van der Waals surface area contributed by atoms with E-state index in [0.29, 0.717) is 9.75 Å². The molecule has 0 atom stereocenters. The highest BCUT2D eigenvalue weighted by Gasteiger charge is 2.10. The molecule has 1 aromatic heterocycles. The molecule has 20 heavy (non-hydrogen) atoms. The van der Waals surface area contributed by atoms with Gasteiger partial charge in [-0.1, -0.05) is 11.8 Å². The summed E-state index contributed by atoms with van der Waals surface area (Å²) in [4.78, 5) is 13.0. The molecule has 2 rings (SSSR count). The Balaban J connectivity index is 2.11. The third-order valence-electron chi connectivity index (χ3n) is 2.32. The van der Waals surface area contributed by atoms with E-state index in [1.54, 1.807) is 12.1 Å². The zero-order valence-electron chi connectivity index (χ0n) is 10.2. The van der Waals surface area contributed by atoms with Gasteiger partial charge >= 0.3 is 0 Å². The maximum absolute atomic E-state index is 13.0. The first-order valence-corrected chi connectivity index (χ1v) is 6.47. The number of thiophene rings is 1. The van der Waals surface area contributed by atoms with Gasteiger partial charge in [-0.15, -0.1) is 11.3 Å². The molecule has 0 fully saturated rings. The van der Waals surface area contributed by atoms with Gasteiger partial charge in [0.2, 0.25) is 0 Å². The number of carbonyl (C=O) groups excluding carboxylic acids is 1. The molecule has 3 N–H and O–H groups in total. The molecule has 6 heteroatoms. The van der Waals surface area contributed by atoms with Crippen LogP contribution in [0, 0.1) is 23.5 Å². The zero-order chi connectivity index (χ0) is 14.5. The predicted octanol–water partition coefficient (Wildman–Crippen LogP) is 2.59. The number of nitrogens with two attached hydrogens (primary N) is 1. The van der Waals surface area contributed by atoms with Crippen LogP contribution in [0.2, 0.25) is 0 Å². The van der Waals surface area contributed by atoms with E-state index in [1.807, 2.05) is 0 Å². The first-order valence-electron chi connectivity index (χ1n) is 5.65. The molecular formula is C14H10F2N2OS. The summed E-state index contributed by atoms with van der Waals surface area (Å²) in [6, 6.07) is 6.49. The number of amides is 1. The van der Waals surface area contributed by atoms with Crippen LogP contribution in [0.5, 0.6) is 0 Å². The zero-order valence-corrected chi connectivity index (χ0v) is 11.1. The monoisotopic (exact) mass is 292 g/mol. The van der Waals surface area contributed by atoms with Crippen LogP contribution in [-0.2, 0) is 0 Å². The molecule has 1 amide bonds. The molecular weight excluding hydrogens is 282 g/mol. The fraction of sp³-hybridized carbons (Fsp3) is 0.0714. The topological polar surface area (TPSA) is 55.1 Å². The number of anilines is 1. The van der Waals surface area contributed by atoms with E-state index < -0.39 is 17.5 Å². The van der Waals surface area contributed by atoms with Crippen molar-refractivity contribution >= 4 is 22.9 Å². The molecule has 0 saturated carbocycles. The second kappa shape index (κ2) is 6.28. The third kappa shape index (κ3) is 3.41. The van der Waals surface area contributed by atoms with E-state index in [-0.39, 0.29) is 12.2 Å². The summed E-state index contributed by atoms with van der Waals surface area (Å²) in [7, 11) is 0. The second-order valence-electron chi connectivity index (χ2n) is 3.75. The number of benzene rings is 1. The normalized spacial score (nSPS) is 9.75. The van der Waals surface area contributed by atoms with Crippen LogP contribution in [0.25, 0.3) is 0 Å². The minimum Gasteiger partial charge on any atom is -0.321 e. The van der Waals surface area contributed by atoms with Crippen LogP contribution < -0.4 is 11.1 Å². The van der Waals surface area contributed by atoms with E-state index in [1.165, 1.54) is 17.4 Å². The summed E-state index contributed by atoms with van der Waals surface area (Å²) >= 11 is 1.20. The number of hydrogen-bond donors (Lipinski definition) is 2. The number of halogens is 2. The van der Waals surface area contributed by atoms with Crippen molar-refractivity contribution in [2.45, 2.75) is 0 Å². The fourth-order valence-electron chi connectivity index (χ4n) is 1.43. The Morgan fingerprint density at radius 1 is 1.25 bits per heavy atom. The van der Waals surface area contributed by atoms with Crippen LogP contribution >= 0.6 is 11.3 Å². The van der Waals surface area contributed by atoms with Crippen molar-refractivity contribution in [2.75, 3.05) is 11.9 Å². The quantitative estimate of drug-likeness (QED) is 0.836. The molecule has 0 unspecified atom stereocenters. The van der Waals surface area contributed by atoms with Gasteiger partial charge in [-0.2, -0.15) is 0 Å². The Morgan fingerprint density at radius 3 is 2.75 bits per heavy atom. The lowest BCUT2D eigenvalue weighted by atomic mass is 10.3. The molecule has 2 aromatic rings. The van der Waals surface area contributed by atoms with Gasteiger partial charge in [0.25, 0.3) is 5.91 Å². The van der Waals surface area contributed by atoms with Crippen molar-refractivity contribution in [3.63, 3.8) is 0 Å². The number of rotatable bonds is 2. The Bertz CT molecular complexity index is 701. The summed E-state index contributed by atoms with van der Waals surface area (Å²) in [6.45, 7) is 0.244. The summed E-state index contributed by atoms with van der Waals surface area (Å²) in [6.07, 6.45) is 0. The second-order valence-corrected chi connectivity index (χ2v) is 4.84. The maximum atomic E-state index is 13.0. The van der Waals surface area contributed by atoms with E-state index in [2.05, 4.69) is 17.2 Å². The largest absolute Gasteiger partial charge is 0.321 e. The van der Waals surface area contributed by atoms with Crippen molar-refractivity contribution in [3.8, 4) is 11.8 Å². The minimum atomic E-state index is -1.01. The minimum absolute atomic E-state index is 0.192. The van der Waals surface area contributed by atoms with E-state index >= 15 is 0 Å². The molecule has 0 bridgehead atoms. The molecule has 1 heterocycles. The van der Waals surface area contributed by atoms with Crippen LogP contribution in [0.3, 0.4) is 0 Å². The SMILES string of the molecule is NCC#Cc1ccc(C(=O)Nc2ccc(F)c(F)c2)s1. The molecule has 0 saturated heterocycles. The maximum Gasteiger partial charge on any atom is 0.265 e. The lowest BCUT2D eigenvalue weighted by molar-refractivity contribution is 0.103. The molecule has 0 aliphatic rings. The lowest BCUT2D eigenvalue weighted by Crippen LogP contribution is -2.10. The fourth-order valence-corrected chi connectivity index (χ4v) is 2.21. The van der Waals surface area contributed by atoms with Crippen LogP contribution in [-0.4, -0.2) is 12.5 Å². The summed E-state index contributed by atoms with van der Waals surface area (Å²) in [5, 5.41) is 2.49. The molecule has 0 spiro atoms. The summed E-state index contributed by atoms with van der Waals surface area (Å²) in [5.41, 5.74) is 5.45. The molecule has 3 nitrogen and oxygen atoms in total. The summed E-state index contributed by atoms with van der Waals surface area (Å²) < 4.78 is 25.8. The van der Waals surface area contributed by atoms with Gasteiger partial charge < -0.3 is 11.1 Å². The third-order valence-corrected chi connectivity index (χ3v) is 3.32. The Morgan fingerprint density at radius 2 is 2.05 bits per heavy atom. The lowest BCUT2D eigenvalue weighted by Gasteiger charge is -2.03. The van der Waals surface area contributed by atoms with Crippen molar-refractivity contribution in [2.24, 2.45) is 5.73 Å². The highest BCUT2D eigenvalue weighted by Crippen LogP contribution is 2.18. The summed E-state index contributed by atoms with van der Waals surface area (Å²) in [5.74, 6) is 3.13. The smallest absolute Gasteiger partial charge is 0.265 e. The first-order chi connectivity index (χ1) is 9.60. The Kier molecular flexibility index (Phi) is 4.45. The number of nitrogens with one attached hydrogen (secondary N) is 1. The average Bonchev–Trinajstić information content (AvgIpc) is 2.89. The van der Waals surface area contributed by atoms with Crippen molar-refractivity contribution < 1.29 is 13.6 Å². The molecule has 1 aromatic carbocycles. The van der Waals surface area contributed by atoms with Gasteiger partial charge in [-0.25, -0.2) is 8.78 Å². The molecule has 0 aliphatic heterocycles. The average molecular weight is 292 g/mol. The molecule has 0 radical (unpaired) electrons.